The molecule has 1 heterocycles. The van der Waals surface area contributed by atoms with Crippen LogP contribution in [-0.2, 0) is 9.59 Å². The van der Waals surface area contributed by atoms with Crippen LogP contribution in [0.3, 0.4) is 0 Å². The highest BCUT2D eigenvalue weighted by molar-refractivity contribution is 8.15. The SMILES string of the molecule is C=CCN1C(=O)[C@@H](CC(=O)Nc2ccc(F)cc2)SC1=Nc1ccc(C)c(F)c1. The van der Waals surface area contributed by atoms with Gasteiger partial charge in [0, 0.05) is 18.7 Å². The molecular formula is C21H19F2N3O2S. The van der Waals surface area contributed by atoms with Gasteiger partial charge in [0.2, 0.25) is 11.8 Å². The molecule has 1 saturated heterocycles. The molecule has 5 nitrogen and oxygen atoms in total. The van der Waals surface area contributed by atoms with Crippen molar-refractivity contribution in [2.75, 3.05) is 11.9 Å². The van der Waals surface area contributed by atoms with Crippen molar-refractivity contribution in [3.63, 3.8) is 0 Å². The van der Waals surface area contributed by atoms with Crippen LogP contribution >= 0.6 is 11.8 Å². The number of aliphatic imine (C=N–C) groups is 1. The number of amides is 2. The lowest BCUT2D eigenvalue weighted by molar-refractivity contribution is -0.127. The van der Waals surface area contributed by atoms with E-state index in [0.29, 0.717) is 22.1 Å². The maximum atomic E-state index is 13.8. The maximum absolute atomic E-state index is 13.8. The van der Waals surface area contributed by atoms with Crippen molar-refractivity contribution in [1.82, 2.24) is 4.90 Å². The molecule has 2 aromatic rings. The van der Waals surface area contributed by atoms with E-state index in [1.165, 1.54) is 35.2 Å². The standard InChI is InChI=1S/C21H19F2N3O2S/c1-3-10-26-20(28)18(12-19(27)24-15-8-5-14(22)6-9-15)29-21(26)25-16-7-4-13(2)17(23)11-16/h3-9,11,18H,1,10,12H2,2H3,(H,24,27)/t18-/m1/s1. The van der Waals surface area contributed by atoms with Crippen molar-refractivity contribution >= 4 is 40.1 Å². The van der Waals surface area contributed by atoms with Gasteiger partial charge in [-0.1, -0.05) is 23.9 Å². The zero-order chi connectivity index (χ0) is 21.0. The summed E-state index contributed by atoms with van der Waals surface area (Å²) >= 11 is 1.15. The van der Waals surface area contributed by atoms with E-state index >= 15 is 0 Å². The van der Waals surface area contributed by atoms with Gasteiger partial charge in [-0.05, 0) is 48.9 Å². The van der Waals surface area contributed by atoms with E-state index in [2.05, 4.69) is 16.9 Å². The quantitative estimate of drug-likeness (QED) is 0.711. The summed E-state index contributed by atoms with van der Waals surface area (Å²) in [4.78, 5) is 30.8. The predicted molar refractivity (Wildman–Crippen MR) is 111 cm³/mol. The number of nitrogens with zero attached hydrogens (tertiary/aromatic N) is 2. The molecular weight excluding hydrogens is 396 g/mol. The molecule has 0 bridgehead atoms. The number of thioether (sulfide) groups is 1. The number of nitrogens with one attached hydrogen (secondary N) is 1. The maximum Gasteiger partial charge on any atom is 0.242 e. The van der Waals surface area contributed by atoms with Gasteiger partial charge >= 0.3 is 0 Å². The monoisotopic (exact) mass is 415 g/mol. The summed E-state index contributed by atoms with van der Waals surface area (Å²) in [5, 5.41) is 2.37. The molecule has 1 aliphatic rings. The summed E-state index contributed by atoms with van der Waals surface area (Å²) < 4.78 is 26.8. The minimum absolute atomic E-state index is 0.0736. The lowest BCUT2D eigenvalue weighted by Crippen LogP contribution is -2.33. The molecule has 1 atom stereocenters. The molecule has 0 aliphatic carbocycles. The fourth-order valence-corrected chi connectivity index (χ4v) is 3.86. The number of carbonyl (C=O) groups excluding carboxylic acids is 2. The first-order valence-electron chi connectivity index (χ1n) is 8.86. The third kappa shape index (κ3) is 5.08. The number of benzene rings is 2. The summed E-state index contributed by atoms with van der Waals surface area (Å²) in [5.74, 6) is -1.43. The van der Waals surface area contributed by atoms with E-state index in [9.17, 15) is 18.4 Å². The second kappa shape index (κ2) is 9.00. The molecule has 29 heavy (non-hydrogen) atoms. The van der Waals surface area contributed by atoms with Crippen molar-refractivity contribution in [2.45, 2.75) is 18.6 Å². The van der Waals surface area contributed by atoms with Gasteiger partial charge in [0.15, 0.2) is 5.17 Å². The molecule has 1 fully saturated rings. The van der Waals surface area contributed by atoms with Gasteiger partial charge in [-0.2, -0.15) is 0 Å². The average Bonchev–Trinajstić information content (AvgIpc) is 2.95. The Morgan fingerprint density at radius 2 is 2.00 bits per heavy atom. The first-order valence-corrected chi connectivity index (χ1v) is 9.74. The highest BCUT2D eigenvalue weighted by Gasteiger charge is 2.38. The zero-order valence-corrected chi connectivity index (χ0v) is 16.5. The number of amidine groups is 1. The topological polar surface area (TPSA) is 61.8 Å². The molecule has 1 N–H and O–H groups in total. The molecule has 0 spiro atoms. The Labute approximate surface area is 171 Å². The summed E-state index contributed by atoms with van der Waals surface area (Å²) in [6, 6.07) is 9.94. The van der Waals surface area contributed by atoms with Crippen LogP contribution in [0.1, 0.15) is 12.0 Å². The van der Waals surface area contributed by atoms with Crippen molar-refractivity contribution in [3.05, 3.63) is 72.3 Å². The lowest BCUT2D eigenvalue weighted by atomic mass is 10.2. The molecule has 0 unspecified atom stereocenters. The summed E-state index contributed by atoms with van der Waals surface area (Å²) in [6.45, 7) is 5.53. The lowest BCUT2D eigenvalue weighted by Gasteiger charge is -2.14. The van der Waals surface area contributed by atoms with Crippen LogP contribution in [0.15, 0.2) is 60.1 Å². The number of rotatable bonds is 6. The van der Waals surface area contributed by atoms with E-state index < -0.39 is 11.1 Å². The molecule has 0 saturated carbocycles. The average molecular weight is 415 g/mol. The first-order chi connectivity index (χ1) is 13.9. The van der Waals surface area contributed by atoms with Crippen molar-refractivity contribution in [2.24, 2.45) is 4.99 Å². The highest BCUT2D eigenvalue weighted by atomic mass is 32.2. The molecule has 2 aromatic carbocycles. The highest BCUT2D eigenvalue weighted by Crippen LogP contribution is 2.32. The number of hydrogen-bond acceptors (Lipinski definition) is 4. The fourth-order valence-electron chi connectivity index (χ4n) is 2.70. The van der Waals surface area contributed by atoms with E-state index in [4.69, 9.17) is 0 Å². The summed E-state index contributed by atoms with van der Waals surface area (Å²) in [7, 11) is 0. The van der Waals surface area contributed by atoms with E-state index in [-0.39, 0.29) is 30.6 Å². The zero-order valence-electron chi connectivity index (χ0n) is 15.7. The van der Waals surface area contributed by atoms with E-state index in [0.717, 1.165) is 11.8 Å². The minimum Gasteiger partial charge on any atom is -0.326 e. The minimum atomic E-state index is -0.663. The molecule has 3 rings (SSSR count). The Hall–Kier alpha value is -3.00. The van der Waals surface area contributed by atoms with Gasteiger partial charge < -0.3 is 5.32 Å². The Bertz CT molecular complexity index is 976. The van der Waals surface area contributed by atoms with Crippen LogP contribution < -0.4 is 5.32 Å². The van der Waals surface area contributed by atoms with E-state index in [1.807, 2.05) is 0 Å². The van der Waals surface area contributed by atoms with Crippen LogP contribution in [0.5, 0.6) is 0 Å². The summed E-state index contributed by atoms with van der Waals surface area (Å²) in [6.07, 6.45) is 1.49. The predicted octanol–water partition coefficient (Wildman–Crippen LogP) is 4.42. The van der Waals surface area contributed by atoms with Crippen molar-refractivity contribution < 1.29 is 18.4 Å². The second-order valence-electron chi connectivity index (χ2n) is 6.43. The molecule has 0 aromatic heterocycles. The van der Waals surface area contributed by atoms with Gasteiger partial charge in [-0.3, -0.25) is 14.5 Å². The smallest absolute Gasteiger partial charge is 0.242 e. The third-order valence-corrected chi connectivity index (χ3v) is 5.39. The fraction of sp³-hybridized carbons (Fsp3) is 0.190. The number of hydrogen-bond donors (Lipinski definition) is 1. The van der Waals surface area contributed by atoms with Crippen LogP contribution in [0.2, 0.25) is 0 Å². The molecule has 1 aliphatic heterocycles. The summed E-state index contributed by atoms with van der Waals surface area (Å²) in [5.41, 5.74) is 1.33. The van der Waals surface area contributed by atoms with Gasteiger partial charge in [0.25, 0.3) is 0 Å². The van der Waals surface area contributed by atoms with Crippen molar-refractivity contribution in [3.8, 4) is 0 Å². The number of anilines is 1. The van der Waals surface area contributed by atoms with Gasteiger partial charge in [0.1, 0.15) is 16.9 Å². The number of halogens is 2. The normalized spacial score (nSPS) is 17.6. The van der Waals surface area contributed by atoms with Crippen LogP contribution in [-0.4, -0.2) is 33.7 Å². The number of aryl methyl sites for hydroxylation is 1. The first kappa shape index (κ1) is 20.7. The Morgan fingerprint density at radius 1 is 1.28 bits per heavy atom. The Morgan fingerprint density at radius 3 is 2.66 bits per heavy atom. The Kier molecular flexibility index (Phi) is 6.43. The number of carbonyl (C=O) groups is 2. The Balaban J connectivity index is 1.74. The van der Waals surface area contributed by atoms with Gasteiger partial charge in [0.05, 0.1) is 5.69 Å². The molecule has 150 valence electrons. The van der Waals surface area contributed by atoms with Gasteiger partial charge in [-0.25, -0.2) is 13.8 Å². The van der Waals surface area contributed by atoms with Crippen LogP contribution in [0.25, 0.3) is 0 Å². The molecule has 0 radical (unpaired) electrons. The second-order valence-corrected chi connectivity index (χ2v) is 7.60. The van der Waals surface area contributed by atoms with E-state index in [1.54, 1.807) is 25.1 Å². The van der Waals surface area contributed by atoms with Gasteiger partial charge in [-0.15, -0.1) is 6.58 Å². The van der Waals surface area contributed by atoms with Crippen molar-refractivity contribution in [1.29, 1.82) is 0 Å². The van der Waals surface area contributed by atoms with Crippen LogP contribution in [0, 0.1) is 18.6 Å². The molecule has 2 amide bonds. The molecule has 8 heteroatoms. The van der Waals surface area contributed by atoms with Crippen LogP contribution in [0.4, 0.5) is 20.2 Å². The largest absolute Gasteiger partial charge is 0.326 e. The third-order valence-electron chi connectivity index (χ3n) is 4.21.